The highest BCUT2D eigenvalue weighted by atomic mass is 79.9. The molecule has 0 spiro atoms. The van der Waals surface area contributed by atoms with E-state index < -0.39 is 0 Å². The zero-order valence-corrected chi connectivity index (χ0v) is 25.7. The summed E-state index contributed by atoms with van der Waals surface area (Å²) in [7, 11) is 0. The van der Waals surface area contributed by atoms with Crippen molar-refractivity contribution in [2.45, 2.75) is 0 Å². The van der Waals surface area contributed by atoms with Crippen LogP contribution in [0.5, 0.6) is 0 Å². The molecule has 0 amide bonds. The molecule has 13 heteroatoms. The van der Waals surface area contributed by atoms with Crippen LogP contribution in [0.2, 0.25) is 0 Å². The minimum Gasteiger partial charge on any atom is -0.369 e. The van der Waals surface area contributed by atoms with Crippen LogP contribution in [0.15, 0.2) is 69.5 Å². The first-order valence-electron chi connectivity index (χ1n) is 12.1. The Morgan fingerprint density at radius 2 is 1.00 bits per heavy atom. The van der Waals surface area contributed by atoms with Gasteiger partial charge >= 0.3 is 0 Å². The van der Waals surface area contributed by atoms with Gasteiger partial charge in [0, 0.05) is 61.1 Å². The van der Waals surface area contributed by atoms with Gasteiger partial charge in [0.1, 0.15) is 10.8 Å². The van der Waals surface area contributed by atoms with Crippen molar-refractivity contribution in [3.8, 4) is 0 Å². The second kappa shape index (κ2) is 17.4. The highest BCUT2D eigenvalue weighted by molar-refractivity contribution is 9.10. The number of halogens is 5. The number of alkyl halides is 4. The number of rotatable bonds is 16. The van der Waals surface area contributed by atoms with Gasteiger partial charge in [0.2, 0.25) is 0 Å². The van der Waals surface area contributed by atoms with Crippen LogP contribution in [0.3, 0.4) is 0 Å². The Kier molecular flexibility index (Phi) is 13.9. The van der Waals surface area contributed by atoms with Crippen molar-refractivity contribution in [1.29, 1.82) is 0 Å². The summed E-state index contributed by atoms with van der Waals surface area (Å²) in [5.74, 6) is 3.14. The molecule has 0 atom stereocenters. The minimum atomic E-state index is 0.494. The summed E-state index contributed by atoms with van der Waals surface area (Å²) in [5, 5.41) is 8.60. The Balaban J connectivity index is 1.58. The van der Waals surface area contributed by atoms with Crippen molar-refractivity contribution in [3.63, 3.8) is 0 Å². The summed E-state index contributed by atoms with van der Waals surface area (Å²) in [6.07, 6.45) is 4.85. The second-order valence-electron chi connectivity index (χ2n) is 8.04. The van der Waals surface area contributed by atoms with E-state index >= 15 is 0 Å². The van der Waals surface area contributed by atoms with Crippen LogP contribution in [-0.4, -0.2) is 72.1 Å². The third-order valence-electron chi connectivity index (χ3n) is 5.49. The molecule has 0 aliphatic carbocycles. The number of aromatic nitrogens is 2. The molecule has 0 aliphatic rings. The van der Waals surface area contributed by atoms with Crippen molar-refractivity contribution in [1.82, 2.24) is 9.97 Å². The maximum absolute atomic E-state index is 5.90. The van der Waals surface area contributed by atoms with E-state index in [1.54, 1.807) is 12.4 Å². The molecule has 208 valence electrons. The number of nitrogens with one attached hydrogen (secondary N) is 2. The van der Waals surface area contributed by atoms with Gasteiger partial charge in [-0.1, -0.05) is 24.3 Å². The molecule has 3 aromatic rings. The average molecular weight is 675 g/mol. The van der Waals surface area contributed by atoms with Gasteiger partial charge in [-0.3, -0.25) is 10.9 Å². The number of benzene rings is 2. The van der Waals surface area contributed by atoms with Gasteiger partial charge in [-0.05, 0) is 51.3 Å². The lowest BCUT2D eigenvalue weighted by Gasteiger charge is -2.22. The number of hydrazone groups is 2. The molecule has 0 unspecified atom stereocenters. The van der Waals surface area contributed by atoms with E-state index in [0.29, 0.717) is 39.6 Å². The fourth-order valence-electron chi connectivity index (χ4n) is 3.55. The predicted octanol–water partition coefficient (Wildman–Crippen LogP) is 6.70. The van der Waals surface area contributed by atoms with Crippen molar-refractivity contribution in [2.24, 2.45) is 10.2 Å². The van der Waals surface area contributed by atoms with Crippen LogP contribution in [0.1, 0.15) is 11.1 Å². The van der Waals surface area contributed by atoms with E-state index in [9.17, 15) is 0 Å². The molecule has 0 saturated carbocycles. The number of hydrogen-bond donors (Lipinski definition) is 2. The molecule has 3 rings (SSSR count). The molecular formula is C26H29BrCl4N8. The monoisotopic (exact) mass is 672 g/mol. The third kappa shape index (κ3) is 9.99. The van der Waals surface area contributed by atoms with Gasteiger partial charge in [-0.2, -0.15) is 10.2 Å². The maximum Gasteiger partial charge on any atom is 0.166 e. The van der Waals surface area contributed by atoms with E-state index in [-0.39, 0.29) is 0 Å². The van der Waals surface area contributed by atoms with Crippen molar-refractivity contribution in [3.05, 3.63) is 70.5 Å². The predicted molar refractivity (Wildman–Crippen MR) is 172 cm³/mol. The van der Waals surface area contributed by atoms with Gasteiger partial charge in [0.25, 0.3) is 0 Å². The Hall–Kier alpha value is -2.30. The molecule has 8 nitrogen and oxygen atoms in total. The van der Waals surface area contributed by atoms with Gasteiger partial charge in [0.15, 0.2) is 11.6 Å². The molecule has 0 radical (unpaired) electrons. The summed E-state index contributed by atoms with van der Waals surface area (Å²) in [5.41, 5.74) is 9.85. The quantitative estimate of drug-likeness (QED) is 0.100. The largest absolute Gasteiger partial charge is 0.369 e. The van der Waals surface area contributed by atoms with Crippen LogP contribution < -0.4 is 20.7 Å². The zero-order valence-electron chi connectivity index (χ0n) is 21.1. The van der Waals surface area contributed by atoms with E-state index in [1.165, 1.54) is 6.33 Å². The Morgan fingerprint density at radius 3 is 1.33 bits per heavy atom. The maximum atomic E-state index is 5.90. The van der Waals surface area contributed by atoms with Crippen LogP contribution >= 0.6 is 62.3 Å². The molecule has 2 aromatic carbocycles. The van der Waals surface area contributed by atoms with Gasteiger partial charge in [-0.15, -0.1) is 46.4 Å². The summed E-state index contributed by atoms with van der Waals surface area (Å²) in [6, 6.07) is 16.0. The second-order valence-corrected chi connectivity index (χ2v) is 10.3. The molecule has 0 aliphatic heterocycles. The van der Waals surface area contributed by atoms with Crippen molar-refractivity contribution in [2.75, 3.05) is 70.4 Å². The Labute approximate surface area is 257 Å². The summed E-state index contributed by atoms with van der Waals surface area (Å²) in [6.45, 7) is 2.95. The zero-order chi connectivity index (χ0) is 27.9. The van der Waals surface area contributed by atoms with E-state index in [4.69, 9.17) is 46.4 Å². The minimum absolute atomic E-state index is 0.494. The molecule has 0 bridgehead atoms. The van der Waals surface area contributed by atoms with E-state index in [0.717, 1.165) is 48.7 Å². The van der Waals surface area contributed by atoms with Crippen molar-refractivity contribution >= 4 is 97.8 Å². The van der Waals surface area contributed by atoms with Crippen LogP contribution in [0, 0.1) is 0 Å². The average Bonchev–Trinajstić information content (AvgIpc) is 2.95. The molecule has 39 heavy (non-hydrogen) atoms. The molecular weight excluding hydrogens is 646 g/mol. The molecule has 2 N–H and O–H groups in total. The third-order valence-corrected chi connectivity index (χ3v) is 6.92. The van der Waals surface area contributed by atoms with Crippen LogP contribution in [0.4, 0.5) is 23.0 Å². The first-order valence-corrected chi connectivity index (χ1v) is 15.0. The lowest BCUT2D eigenvalue weighted by atomic mass is 10.2. The fourth-order valence-corrected chi connectivity index (χ4v) is 4.75. The molecule has 1 heterocycles. The number of hydrogen-bond acceptors (Lipinski definition) is 8. The van der Waals surface area contributed by atoms with Crippen molar-refractivity contribution < 1.29 is 0 Å². The molecule has 0 fully saturated rings. The normalized spacial score (nSPS) is 11.3. The molecule has 1 aromatic heterocycles. The van der Waals surface area contributed by atoms with Crippen LogP contribution in [-0.2, 0) is 0 Å². The lowest BCUT2D eigenvalue weighted by Crippen LogP contribution is -2.27. The van der Waals surface area contributed by atoms with Gasteiger partial charge < -0.3 is 9.80 Å². The first-order chi connectivity index (χ1) is 19.1. The fraction of sp³-hybridized carbons (Fsp3) is 0.308. The van der Waals surface area contributed by atoms with Gasteiger partial charge in [-0.25, -0.2) is 9.97 Å². The molecule has 0 saturated heterocycles. The first kappa shape index (κ1) is 31.2. The Morgan fingerprint density at radius 1 is 0.641 bits per heavy atom. The Bertz CT molecular complexity index is 1090. The standard InChI is InChI=1S/C26H29BrCl4N8/c27-24-25(36-34-17-20-1-5-22(6-2-20)38(13-9-28)14-10-29)32-19-33-26(24)37-35-18-21-3-7-23(8-4-21)39(15-11-30)16-12-31/h1-8,17-19H,9-16H2,(H2,32,33,36,37)/b34-17+,35-18+. The number of anilines is 4. The highest BCUT2D eigenvalue weighted by Gasteiger charge is 2.08. The van der Waals surface area contributed by atoms with E-state index in [1.807, 2.05) is 48.5 Å². The summed E-state index contributed by atoms with van der Waals surface area (Å²) < 4.78 is 0.598. The van der Waals surface area contributed by atoms with Gasteiger partial charge in [0.05, 0.1) is 12.4 Å². The number of nitrogens with zero attached hydrogens (tertiary/aromatic N) is 6. The lowest BCUT2D eigenvalue weighted by molar-refractivity contribution is 0.874. The topological polar surface area (TPSA) is 81.0 Å². The summed E-state index contributed by atoms with van der Waals surface area (Å²) >= 11 is 27.1. The van der Waals surface area contributed by atoms with E-state index in [2.05, 4.69) is 56.8 Å². The van der Waals surface area contributed by atoms with Crippen LogP contribution in [0.25, 0.3) is 0 Å². The summed E-state index contributed by atoms with van der Waals surface area (Å²) in [4.78, 5) is 12.8. The highest BCUT2D eigenvalue weighted by Crippen LogP contribution is 2.26. The SMILES string of the molecule is ClCCN(CCCl)c1ccc(/C=N/Nc2ncnc(N/N=C/c3ccc(N(CCCl)CCCl)cc3)c2Br)cc1. The smallest absolute Gasteiger partial charge is 0.166 e.